The van der Waals surface area contributed by atoms with E-state index < -0.39 is 5.97 Å². The van der Waals surface area contributed by atoms with Crippen LogP contribution < -0.4 is 4.90 Å². The maximum absolute atomic E-state index is 13.0. The lowest BCUT2D eigenvalue weighted by Crippen LogP contribution is -2.35. The number of carbonyl (C=O) groups is 3. The van der Waals surface area contributed by atoms with Crippen LogP contribution in [0.4, 0.5) is 5.69 Å². The number of carbonyl (C=O) groups excluding carboxylic acids is 3. The fourth-order valence-corrected chi connectivity index (χ4v) is 6.04. The van der Waals surface area contributed by atoms with Gasteiger partial charge in [0.15, 0.2) is 6.61 Å². The number of hydrogen-bond acceptors (Lipinski definition) is 6. The molecule has 6 nitrogen and oxygen atoms in total. The van der Waals surface area contributed by atoms with Gasteiger partial charge in [-0.3, -0.25) is 9.59 Å². The molecule has 1 fully saturated rings. The summed E-state index contributed by atoms with van der Waals surface area (Å²) >= 11 is 3.09. The van der Waals surface area contributed by atoms with E-state index in [-0.39, 0.29) is 24.2 Å². The van der Waals surface area contributed by atoms with Crippen LogP contribution in [0, 0.1) is 0 Å². The van der Waals surface area contributed by atoms with Crippen LogP contribution in [0.1, 0.15) is 36.5 Å². The molecule has 174 valence electrons. The number of rotatable bonds is 6. The molecule has 0 aliphatic carbocycles. The van der Waals surface area contributed by atoms with Gasteiger partial charge in [-0.15, -0.1) is 23.5 Å². The summed E-state index contributed by atoms with van der Waals surface area (Å²) in [6, 6.07) is 14.9. The molecule has 0 saturated carbocycles. The largest absolute Gasteiger partial charge is 0.452 e. The van der Waals surface area contributed by atoms with Crippen molar-refractivity contribution in [2.45, 2.75) is 41.2 Å². The second-order valence-electron chi connectivity index (χ2n) is 8.18. The highest BCUT2D eigenvalue weighted by atomic mass is 32.2. The maximum atomic E-state index is 13.0. The van der Waals surface area contributed by atoms with Gasteiger partial charge in [0.05, 0.1) is 17.0 Å². The van der Waals surface area contributed by atoms with Gasteiger partial charge < -0.3 is 14.5 Å². The summed E-state index contributed by atoms with van der Waals surface area (Å²) in [5.74, 6) is -0.419. The molecule has 2 aromatic carbocycles. The number of fused-ring (bicyclic) bond motifs is 1. The first-order chi connectivity index (χ1) is 16.0. The average molecular weight is 485 g/mol. The fourth-order valence-electron chi connectivity index (χ4n) is 3.99. The Bertz CT molecular complexity index is 1020. The minimum atomic E-state index is -0.550. The molecule has 2 aromatic rings. The van der Waals surface area contributed by atoms with Crippen molar-refractivity contribution in [1.29, 1.82) is 0 Å². The quantitative estimate of drug-likeness (QED) is 0.445. The summed E-state index contributed by atoms with van der Waals surface area (Å²) in [6.07, 6.45) is 2.96. The zero-order valence-electron chi connectivity index (χ0n) is 18.7. The summed E-state index contributed by atoms with van der Waals surface area (Å²) in [5, 5.41) is 0.402. The minimum Gasteiger partial charge on any atom is -0.452 e. The molecule has 2 aliphatic rings. The molecule has 8 heteroatoms. The maximum Gasteiger partial charge on any atom is 0.339 e. The van der Waals surface area contributed by atoms with Crippen LogP contribution in [0.2, 0.25) is 0 Å². The van der Waals surface area contributed by atoms with Crippen LogP contribution in [0.15, 0.2) is 58.3 Å². The number of likely N-dealkylation sites (tertiary alicyclic amines) is 1. The van der Waals surface area contributed by atoms with Crippen molar-refractivity contribution in [3.8, 4) is 0 Å². The molecule has 4 rings (SSSR count). The topological polar surface area (TPSA) is 66.9 Å². The van der Waals surface area contributed by atoms with E-state index in [0.29, 0.717) is 22.3 Å². The summed E-state index contributed by atoms with van der Waals surface area (Å²) in [5.41, 5.74) is 1.24. The SMILES string of the molecule is CC1CCN(C(=O)COC(=O)c2ccccc2SCC(=O)N2CCCC2)c2ccccc2S1. The zero-order chi connectivity index (χ0) is 23.2. The number of nitrogens with zero attached hydrogens (tertiary/aromatic N) is 2. The first-order valence-corrected chi connectivity index (χ1v) is 13.1. The van der Waals surface area contributed by atoms with Gasteiger partial charge in [0, 0.05) is 34.7 Å². The third kappa shape index (κ3) is 5.92. The number of amides is 2. The number of ether oxygens (including phenoxy) is 1. The van der Waals surface area contributed by atoms with Gasteiger partial charge in [-0.05, 0) is 43.5 Å². The highest BCUT2D eigenvalue weighted by molar-refractivity contribution is 8.00. The molecule has 33 heavy (non-hydrogen) atoms. The lowest BCUT2D eigenvalue weighted by molar-refractivity contribution is -0.127. The van der Waals surface area contributed by atoms with Crippen LogP contribution in [-0.2, 0) is 14.3 Å². The minimum absolute atomic E-state index is 0.0859. The Labute approximate surface area is 203 Å². The van der Waals surface area contributed by atoms with Gasteiger partial charge in [-0.1, -0.05) is 31.2 Å². The summed E-state index contributed by atoms with van der Waals surface area (Å²) in [6.45, 7) is 4.03. The Morgan fingerprint density at radius 3 is 2.55 bits per heavy atom. The van der Waals surface area contributed by atoms with Crippen LogP contribution in [-0.4, -0.2) is 59.9 Å². The van der Waals surface area contributed by atoms with Gasteiger partial charge in [-0.25, -0.2) is 4.79 Å². The van der Waals surface area contributed by atoms with Gasteiger partial charge in [-0.2, -0.15) is 0 Å². The second-order valence-corrected chi connectivity index (χ2v) is 10.7. The second kappa shape index (κ2) is 11.1. The van der Waals surface area contributed by atoms with E-state index in [1.807, 2.05) is 41.3 Å². The predicted molar refractivity (Wildman–Crippen MR) is 132 cm³/mol. The molecule has 1 saturated heterocycles. The van der Waals surface area contributed by atoms with E-state index in [9.17, 15) is 14.4 Å². The van der Waals surface area contributed by atoms with Gasteiger partial charge in [0.2, 0.25) is 5.91 Å². The number of benzene rings is 2. The zero-order valence-corrected chi connectivity index (χ0v) is 20.3. The first-order valence-electron chi connectivity index (χ1n) is 11.3. The lowest BCUT2D eigenvalue weighted by Gasteiger charge is -2.22. The van der Waals surface area contributed by atoms with Crippen molar-refractivity contribution >= 4 is 47.0 Å². The van der Waals surface area contributed by atoms with Crippen LogP contribution in [0.25, 0.3) is 0 Å². The summed E-state index contributed by atoms with van der Waals surface area (Å²) in [4.78, 5) is 43.5. The van der Waals surface area contributed by atoms with E-state index in [1.165, 1.54) is 11.8 Å². The van der Waals surface area contributed by atoms with Crippen LogP contribution >= 0.6 is 23.5 Å². The Morgan fingerprint density at radius 1 is 1.00 bits per heavy atom. The Hall–Kier alpha value is -2.45. The Balaban J connectivity index is 1.38. The highest BCUT2D eigenvalue weighted by Crippen LogP contribution is 2.37. The Kier molecular flexibility index (Phi) is 7.98. The van der Waals surface area contributed by atoms with Crippen molar-refractivity contribution in [1.82, 2.24) is 4.90 Å². The lowest BCUT2D eigenvalue weighted by atomic mass is 10.2. The molecule has 0 aromatic heterocycles. The standard InChI is InChI=1S/C25H28N2O4S2/c1-18-12-15-27(20-9-3-5-11-22(20)33-18)23(28)16-31-25(30)19-8-2-4-10-21(19)32-17-24(29)26-13-6-7-14-26/h2-5,8-11,18H,6-7,12-17H2,1H3. The monoisotopic (exact) mass is 484 g/mol. The van der Waals surface area contributed by atoms with Crippen LogP contribution in [0.3, 0.4) is 0 Å². The molecule has 2 aliphatic heterocycles. The molecule has 0 spiro atoms. The van der Waals surface area contributed by atoms with Crippen molar-refractivity contribution in [2.75, 3.05) is 36.9 Å². The molecule has 1 atom stereocenters. The van der Waals surface area contributed by atoms with Gasteiger partial charge in [0.1, 0.15) is 0 Å². The molecule has 2 amide bonds. The van der Waals surface area contributed by atoms with Crippen molar-refractivity contribution in [3.05, 3.63) is 54.1 Å². The van der Waals surface area contributed by atoms with Crippen molar-refractivity contribution in [2.24, 2.45) is 0 Å². The first kappa shape index (κ1) is 23.7. The summed E-state index contributed by atoms with van der Waals surface area (Å²) < 4.78 is 5.43. The molecular formula is C25H28N2O4S2. The van der Waals surface area contributed by atoms with Crippen LogP contribution in [0.5, 0.6) is 0 Å². The van der Waals surface area contributed by atoms with Gasteiger partial charge in [0.25, 0.3) is 5.91 Å². The van der Waals surface area contributed by atoms with Crippen molar-refractivity contribution in [3.63, 3.8) is 0 Å². The number of thioether (sulfide) groups is 2. The fraction of sp³-hybridized carbons (Fsp3) is 0.400. The van der Waals surface area contributed by atoms with E-state index in [2.05, 4.69) is 6.92 Å². The molecule has 0 N–H and O–H groups in total. The van der Waals surface area contributed by atoms with Crippen molar-refractivity contribution < 1.29 is 19.1 Å². The molecule has 1 unspecified atom stereocenters. The van der Waals surface area contributed by atoms with E-state index >= 15 is 0 Å². The highest BCUT2D eigenvalue weighted by Gasteiger charge is 2.25. The molecule has 2 heterocycles. The molecule has 0 radical (unpaired) electrons. The smallest absolute Gasteiger partial charge is 0.339 e. The third-order valence-corrected chi connectivity index (χ3v) is 8.08. The van der Waals surface area contributed by atoms with E-state index in [1.54, 1.807) is 28.8 Å². The number of hydrogen-bond donors (Lipinski definition) is 0. The number of para-hydroxylation sites is 1. The van der Waals surface area contributed by atoms with E-state index in [4.69, 9.17) is 4.74 Å². The predicted octanol–water partition coefficient (Wildman–Crippen LogP) is 4.48. The van der Waals surface area contributed by atoms with Gasteiger partial charge >= 0.3 is 5.97 Å². The number of esters is 1. The number of anilines is 1. The summed E-state index contributed by atoms with van der Waals surface area (Å²) in [7, 11) is 0. The average Bonchev–Trinajstić information content (AvgIpc) is 3.31. The normalized spacial score (nSPS) is 17.9. The Morgan fingerprint density at radius 2 is 1.73 bits per heavy atom. The van der Waals surface area contributed by atoms with E-state index in [0.717, 1.165) is 42.9 Å². The molecular weight excluding hydrogens is 456 g/mol. The molecule has 0 bridgehead atoms. The third-order valence-electron chi connectivity index (χ3n) is 5.79.